The van der Waals surface area contributed by atoms with Crippen LogP contribution in [0, 0.1) is 0 Å². The number of amides is 1. The van der Waals surface area contributed by atoms with Gasteiger partial charge in [-0.15, -0.1) is 0 Å². The molecule has 0 unspecified atom stereocenters. The predicted octanol–water partition coefficient (Wildman–Crippen LogP) is 0.917. The summed E-state index contributed by atoms with van der Waals surface area (Å²) in [5.41, 5.74) is 0.123. The summed E-state index contributed by atoms with van der Waals surface area (Å²) in [6, 6.07) is 2.33. The Bertz CT molecular complexity index is 823. The number of esters is 1. The van der Waals surface area contributed by atoms with Crippen LogP contribution in [-0.2, 0) is 19.4 Å². The summed E-state index contributed by atoms with van der Waals surface area (Å²) in [7, 11) is -3.11. The zero-order valence-corrected chi connectivity index (χ0v) is 14.9. The number of carbonyl (C=O) groups excluding carboxylic acids is 2. The fraction of sp³-hybridized carbons (Fsp3) is 0.467. The number of carbonyl (C=O) groups is 2. The zero-order valence-electron chi connectivity index (χ0n) is 13.3. The van der Waals surface area contributed by atoms with E-state index in [2.05, 4.69) is 5.32 Å². The van der Waals surface area contributed by atoms with Crippen LogP contribution < -0.4 is 14.8 Å². The maximum atomic E-state index is 12.2. The number of halogens is 1. The van der Waals surface area contributed by atoms with E-state index < -0.39 is 33.9 Å². The van der Waals surface area contributed by atoms with E-state index in [0.717, 1.165) is 0 Å². The molecule has 1 saturated heterocycles. The van der Waals surface area contributed by atoms with Gasteiger partial charge in [0.15, 0.2) is 27.4 Å². The van der Waals surface area contributed by atoms with E-state index in [1.165, 1.54) is 19.1 Å². The molecule has 2 atom stereocenters. The molecule has 1 aromatic carbocycles. The minimum atomic E-state index is -3.11. The van der Waals surface area contributed by atoms with Gasteiger partial charge in [0.2, 0.25) is 6.79 Å². The molecule has 0 bridgehead atoms. The summed E-state index contributed by atoms with van der Waals surface area (Å²) in [5.74, 6) is -0.678. The Hall–Kier alpha value is -2.00. The van der Waals surface area contributed by atoms with Gasteiger partial charge in [0.1, 0.15) is 0 Å². The smallest absolute Gasteiger partial charge is 0.339 e. The van der Waals surface area contributed by atoms with Gasteiger partial charge in [-0.1, -0.05) is 11.6 Å². The van der Waals surface area contributed by atoms with Crippen molar-refractivity contribution in [2.45, 2.75) is 25.5 Å². The van der Waals surface area contributed by atoms with Crippen molar-refractivity contribution in [3.05, 3.63) is 22.7 Å². The van der Waals surface area contributed by atoms with E-state index in [-0.39, 0.29) is 28.9 Å². The highest BCUT2D eigenvalue weighted by Gasteiger charge is 2.31. The largest absolute Gasteiger partial charge is 0.454 e. The van der Waals surface area contributed by atoms with Crippen LogP contribution in [-0.4, -0.2) is 50.7 Å². The zero-order chi connectivity index (χ0) is 18.2. The average molecular weight is 390 g/mol. The first-order valence-electron chi connectivity index (χ1n) is 7.56. The molecule has 1 aromatic rings. The first kappa shape index (κ1) is 17.8. The number of rotatable bonds is 4. The van der Waals surface area contributed by atoms with Crippen LogP contribution >= 0.6 is 11.6 Å². The van der Waals surface area contributed by atoms with Gasteiger partial charge < -0.3 is 19.5 Å². The van der Waals surface area contributed by atoms with Crippen molar-refractivity contribution in [3.63, 3.8) is 0 Å². The second-order valence-corrected chi connectivity index (χ2v) is 8.48. The molecule has 25 heavy (non-hydrogen) atoms. The van der Waals surface area contributed by atoms with Gasteiger partial charge in [-0.05, 0) is 25.5 Å². The van der Waals surface area contributed by atoms with E-state index in [9.17, 15) is 18.0 Å². The highest BCUT2D eigenvalue weighted by atomic mass is 35.5. The lowest BCUT2D eigenvalue weighted by molar-refractivity contribution is -0.129. The fourth-order valence-electron chi connectivity index (χ4n) is 2.59. The van der Waals surface area contributed by atoms with Crippen molar-refractivity contribution in [3.8, 4) is 11.5 Å². The maximum Gasteiger partial charge on any atom is 0.339 e. The normalized spacial score (nSPS) is 21.6. The Labute approximate surface area is 149 Å². The van der Waals surface area contributed by atoms with Crippen molar-refractivity contribution in [1.29, 1.82) is 0 Å². The standard InChI is InChI=1S/C15H16ClNO7S/c1-8(14(18)17-10-2-3-25(20,21)6-10)24-15(19)9-4-11(16)13-12(5-9)22-7-23-13/h4-5,8,10H,2-3,6-7H2,1H3,(H,17,18)/t8-,10-/m0/s1. The minimum absolute atomic E-state index is 0.0106. The lowest BCUT2D eigenvalue weighted by atomic mass is 10.2. The van der Waals surface area contributed by atoms with E-state index in [1.54, 1.807) is 0 Å². The number of ether oxygens (including phenoxy) is 3. The van der Waals surface area contributed by atoms with Crippen molar-refractivity contribution in [2.24, 2.45) is 0 Å². The van der Waals surface area contributed by atoms with Gasteiger partial charge in [0.05, 0.1) is 22.1 Å². The SMILES string of the molecule is C[C@H](OC(=O)c1cc(Cl)c2c(c1)OCO2)C(=O)N[C@H]1CCS(=O)(=O)C1. The third kappa shape index (κ3) is 3.98. The van der Waals surface area contributed by atoms with Gasteiger partial charge in [-0.2, -0.15) is 0 Å². The quantitative estimate of drug-likeness (QED) is 0.762. The number of fused-ring (bicyclic) bond motifs is 1. The molecule has 10 heteroatoms. The second kappa shape index (κ2) is 6.72. The van der Waals surface area contributed by atoms with Crippen LogP contribution in [0.3, 0.4) is 0 Å². The van der Waals surface area contributed by atoms with Crippen LogP contribution in [0.4, 0.5) is 0 Å². The Morgan fingerprint density at radius 1 is 1.36 bits per heavy atom. The first-order chi connectivity index (χ1) is 11.7. The summed E-state index contributed by atoms with van der Waals surface area (Å²) in [6.45, 7) is 1.42. The molecule has 3 rings (SSSR count). The third-order valence-electron chi connectivity index (χ3n) is 3.89. The van der Waals surface area contributed by atoms with Gasteiger partial charge in [0.25, 0.3) is 5.91 Å². The lowest BCUT2D eigenvalue weighted by Crippen LogP contribution is -2.42. The molecule has 1 fully saturated rings. The highest BCUT2D eigenvalue weighted by molar-refractivity contribution is 7.91. The first-order valence-corrected chi connectivity index (χ1v) is 9.76. The molecule has 0 saturated carbocycles. The van der Waals surface area contributed by atoms with Crippen molar-refractivity contribution in [1.82, 2.24) is 5.32 Å². The van der Waals surface area contributed by atoms with Gasteiger partial charge >= 0.3 is 5.97 Å². The molecule has 1 N–H and O–H groups in total. The molecule has 0 radical (unpaired) electrons. The minimum Gasteiger partial charge on any atom is -0.454 e. The molecule has 8 nitrogen and oxygen atoms in total. The maximum absolute atomic E-state index is 12.2. The van der Waals surface area contributed by atoms with Crippen molar-refractivity contribution < 1.29 is 32.2 Å². The predicted molar refractivity (Wildman–Crippen MR) is 87.7 cm³/mol. The molecule has 0 aromatic heterocycles. The van der Waals surface area contributed by atoms with Gasteiger partial charge in [0, 0.05) is 6.04 Å². The summed E-state index contributed by atoms with van der Waals surface area (Å²) >= 11 is 6.01. The topological polar surface area (TPSA) is 108 Å². The van der Waals surface area contributed by atoms with Crippen LogP contribution in [0.5, 0.6) is 11.5 Å². The molecule has 2 aliphatic rings. The van der Waals surface area contributed by atoms with E-state index in [0.29, 0.717) is 17.9 Å². The van der Waals surface area contributed by atoms with Gasteiger partial charge in [-0.3, -0.25) is 4.79 Å². The van der Waals surface area contributed by atoms with Crippen LogP contribution in [0.2, 0.25) is 5.02 Å². The average Bonchev–Trinajstić information content (AvgIpc) is 3.13. The summed E-state index contributed by atoms with van der Waals surface area (Å²) in [6.07, 6.45) is -0.730. The molecule has 136 valence electrons. The molecule has 2 aliphatic heterocycles. The number of sulfone groups is 1. The molecular formula is C15H16ClNO7S. The number of nitrogens with one attached hydrogen (secondary N) is 1. The monoisotopic (exact) mass is 389 g/mol. The van der Waals surface area contributed by atoms with Crippen LogP contribution in [0.15, 0.2) is 12.1 Å². The molecular weight excluding hydrogens is 374 g/mol. The Kier molecular flexibility index (Phi) is 4.79. The van der Waals surface area contributed by atoms with Crippen molar-refractivity contribution >= 4 is 33.3 Å². The molecule has 1 amide bonds. The summed E-state index contributed by atoms with van der Waals surface area (Å²) in [4.78, 5) is 24.3. The number of hydrogen-bond donors (Lipinski definition) is 1. The van der Waals surface area contributed by atoms with E-state index >= 15 is 0 Å². The highest BCUT2D eigenvalue weighted by Crippen LogP contribution is 2.39. The molecule has 2 heterocycles. The van der Waals surface area contributed by atoms with E-state index in [1.807, 2.05) is 0 Å². The lowest BCUT2D eigenvalue weighted by Gasteiger charge is -2.16. The fourth-order valence-corrected chi connectivity index (χ4v) is 4.53. The Balaban J connectivity index is 1.61. The molecule has 0 spiro atoms. The number of hydrogen-bond acceptors (Lipinski definition) is 7. The van der Waals surface area contributed by atoms with Crippen LogP contribution in [0.1, 0.15) is 23.7 Å². The van der Waals surface area contributed by atoms with E-state index in [4.69, 9.17) is 25.8 Å². The molecule has 0 aliphatic carbocycles. The second-order valence-electron chi connectivity index (χ2n) is 5.85. The Morgan fingerprint density at radius 3 is 2.80 bits per heavy atom. The Morgan fingerprint density at radius 2 is 2.12 bits per heavy atom. The summed E-state index contributed by atoms with van der Waals surface area (Å²) in [5, 5.41) is 2.78. The summed E-state index contributed by atoms with van der Waals surface area (Å²) < 4.78 is 38.3. The number of benzene rings is 1. The van der Waals surface area contributed by atoms with Gasteiger partial charge in [-0.25, -0.2) is 13.2 Å². The third-order valence-corrected chi connectivity index (χ3v) is 5.94. The van der Waals surface area contributed by atoms with Crippen molar-refractivity contribution in [2.75, 3.05) is 18.3 Å². The van der Waals surface area contributed by atoms with Crippen LogP contribution in [0.25, 0.3) is 0 Å².